The van der Waals surface area contributed by atoms with Crippen molar-refractivity contribution in [3.63, 3.8) is 0 Å². The summed E-state index contributed by atoms with van der Waals surface area (Å²) in [6, 6.07) is 13.4. The lowest BCUT2D eigenvalue weighted by atomic mass is 10.1. The van der Waals surface area contributed by atoms with Gasteiger partial charge in [-0.15, -0.1) is 11.3 Å². The van der Waals surface area contributed by atoms with Crippen molar-refractivity contribution in [1.82, 2.24) is 15.3 Å². The summed E-state index contributed by atoms with van der Waals surface area (Å²) in [5.41, 5.74) is 2.85. The lowest BCUT2D eigenvalue weighted by Crippen LogP contribution is -2.31. The summed E-state index contributed by atoms with van der Waals surface area (Å²) in [6.07, 6.45) is 4.57. The van der Waals surface area contributed by atoms with Crippen LogP contribution in [0.2, 0.25) is 0 Å². The molecule has 28 heavy (non-hydrogen) atoms. The van der Waals surface area contributed by atoms with E-state index in [9.17, 15) is 13.2 Å². The zero-order chi connectivity index (χ0) is 19.8. The third-order valence-corrected chi connectivity index (χ3v) is 6.54. The summed E-state index contributed by atoms with van der Waals surface area (Å²) in [5, 5.41) is 5.27. The maximum atomic E-state index is 12.2. The average Bonchev–Trinajstić information content (AvgIpc) is 3.16. The first kappa shape index (κ1) is 20.2. The molecule has 3 rings (SSSR count). The van der Waals surface area contributed by atoms with Crippen molar-refractivity contribution in [3.8, 4) is 11.3 Å². The van der Waals surface area contributed by atoms with Gasteiger partial charge in [-0.05, 0) is 30.5 Å². The van der Waals surface area contributed by atoms with Crippen LogP contribution in [-0.2, 0) is 27.6 Å². The van der Waals surface area contributed by atoms with Gasteiger partial charge in [0.2, 0.25) is 5.91 Å². The first-order chi connectivity index (χ1) is 13.5. The van der Waals surface area contributed by atoms with Gasteiger partial charge >= 0.3 is 0 Å². The highest BCUT2D eigenvalue weighted by atomic mass is 32.2. The number of aromatic nitrogens is 2. The molecule has 0 radical (unpaired) electrons. The van der Waals surface area contributed by atoms with Crippen molar-refractivity contribution in [2.75, 3.05) is 11.5 Å². The Hall–Kier alpha value is -2.58. The molecule has 0 atom stereocenters. The number of rotatable bonds is 9. The Morgan fingerprint density at radius 2 is 1.82 bits per heavy atom. The minimum absolute atomic E-state index is 0.00123. The lowest BCUT2D eigenvalue weighted by molar-refractivity contribution is -0.118. The molecule has 0 saturated carbocycles. The molecular formula is C20H21N3O3S2. The molecule has 3 aromatic rings. The monoisotopic (exact) mass is 415 g/mol. The molecule has 0 saturated heterocycles. The Labute approximate surface area is 168 Å². The van der Waals surface area contributed by atoms with Gasteiger partial charge in [-0.1, -0.05) is 30.3 Å². The van der Waals surface area contributed by atoms with Gasteiger partial charge in [-0.25, -0.2) is 13.4 Å². The average molecular weight is 416 g/mol. The molecule has 8 heteroatoms. The molecule has 2 aromatic heterocycles. The fourth-order valence-corrected chi connectivity index (χ4v) is 4.66. The number of amides is 1. The molecule has 6 nitrogen and oxygen atoms in total. The van der Waals surface area contributed by atoms with Crippen molar-refractivity contribution in [2.45, 2.75) is 19.4 Å². The number of sulfone groups is 1. The number of thiazole rings is 1. The molecule has 0 aliphatic carbocycles. The van der Waals surface area contributed by atoms with Crippen LogP contribution in [0.3, 0.4) is 0 Å². The van der Waals surface area contributed by atoms with Crippen LogP contribution in [0.25, 0.3) is 11.3 Å². The van der Waals surface area contributed by atoms with E-state index < -0.39 is 21.5 Å². The van der Waals surface area contributed by atoms with Crippen LogP contribution in [0.1, 0.15) is 17.0 Å². The maximum Gasteiger partial charge on any atom is 0.235 e. The molecule has 2 heterocycles. The highest BCUT2D eigenvalue weighted by Crippen LogP contribution is 2.20. The molecular weight excluding hydrogens is 394 g/mol. The largest absolute Gasteiger partial charge is 0.349 e. The molecule has 1 amide bonds. The summed E-state index contributed by atoms with van der Waals surface area (Å²) in [6.45, 7) is 0.216. The molecule has 0 spiro atoms. The van der Waals surface area contributed by atoms with E-state index >= 15 is 0 Å². The number of nitrogens with one attached hydrogen (secondary N) is 1. The first-order valence-corrected chi connectivity index (χ1v) is 11.6. The maximum absolute atomic E-state index is 12.2. The quantitative estimate of drug-likeness (QED) is 0.580. The Morgan fingerprint density at radius 1 is 1.07 bits per heavy atom. The van der Waals surface area contributed by atoms with Crippen LogP contribution in [0, 0.1) is 0 Å². The Balaban J connectivity index is 1.44. The second-order valence-electron chi connectivity index (χ2n) is 6.32. The van der Waals surface area contributed by atoms with E-state index in [1.807, 2.05) is 47.8 Å². The number of carbonyl (C=O) groups is 1. The van der Waals surface area contributed by atoms with Gasteiger partial charge in [0.25, 0.3) is 0 Å². The molecule has 1 N–H and O–H groups in total. The number of benzene rings is 1. The third kappa shape index (κ3) is 6.24. The van der Waals surface area contributed by atoms with Gasteiger partial charge in [0.1, 0.15) is 10.8 Å². The second-order valence-corrected chi connectivity index (χ2v) is 9.45. The van der Waals surface area contributed by atoms with Gasteiger partial charge in [-0.3, -0.25) is 9.78 Å². The van der Waals surface area contributed by atoms with Gasteiger partial charge in [0.05, 0.1) is 18.0 Å². The van der Waals surface area contributed by atoms with E-state index in [1.54, 1.807) is 12.4 Å². The van der Waals surface area contributed by atoms with E-state index in [0.717, 1.165) is 21.8 Å². The minimum atomic E-state index is -3.43. The van der Waals surface area contributed by atoms with Gasteiger partial charge in [0.15, 0.2) is 9.84 Å². The fraction of sp³-hybridized carbons (Fsp3) is 0.250. The highest BCUT2D eigenvalue weighted by molar-refractivity contribution is 7.92. The Kier molecular flexibility index (Phi) is 6.89. The molecule has 0 fully saturated rings. The van der Waals surface area contributed by atoms with Crippen LogP contribution >= 0.6 is 11.3 Å². The number of nitrogens with zero attached hydrogens (tertiary/aromatic N) is 2. The van der Waals surface area contributed by atoms with Crippen molar-refractivity contribution in [2.24, 2.45) is 0 Å². The Morgan fingerprint density at radius 3 is 2.57 bits per heavy atom. The van der Waals surface area contributed by atoms with Gasteiger partial charge < -0.3 is 5.32 Å². The third-order valence-electron chi connectivity index (χ3n) is 4.08. The van der Waals surface area contributed by atoms with Crippen molar-refractivity contribution in [3.05, 3.63) is 70.8 Å². The summed E-state index contributed by atoms with van der Waals surface area (Å²) in [4.78, 5) is 20.5. The predicted molar refractivity (Wildman–Crippen MR) is 111 cm³/mol. The van der Waals surface area contributed by atoms with Crippen molar-refractivity contribution in [1.29, 1.82) is 0 Å². The zero-order valence-electron chi connectivity index (χ0n) is 15.2. The molecule has 0 bridgehead atoms. The summed E-state index contributed by atoms with van der Waals surface area (Å²) in [5.74, 6) is -0.997. The topological polar surface area (TPSA) is 89.0 Å². The van der Waals surface area contributed by atoms with Crippen LogP contribution in [0.4, 0.5) is 0 Å². The fourth-order valence-electron chi connectivity index (χ4n) is 2.69. The van der Waals surface area contributed by atoms with Crippen LogP contribution < -0.4 is 5.32 Å². The number of aryl methyl sites for hydroxylation is 1. The molecule has 0 aliphatic rings. The lowest BCUT2D eigenvalue weighted by Gasteiger charge is -2.06. The first-order valence-electron chi connectivity index (χ1n) is 8.88. The second kappa shape index (κ2) is 9.57. The molecule has 0 aliphatic heterocycles. The van der Waals surface area contributed by atoms with Crippen molar-refractivity contribution >= 4 is 27.1 Å². The number of carbonyl (C=O) groups excluding carboxylic acids is 1. The van der Waals surface area contributed by atoms with Gasteiger partial charge in [0, 0.05) is 23.3 Å². The standard InChI is InChI=1S/C20H21N3O3S2/c24-19(15-28(25,26)12-4-7-16-5-2-1-3-6-16)22-13-20-23-18(14-27-20)17-8-10-21-11-9-17/h1-3,5-6,8-11,14H,4,7,12-13,15H2,(H,22,24). The summed E-state index contributed by atoms with van der Waals surface area (Å²) in [7, 11) is -3.43. The molecule has 0 unspecified atom stereocenters. The SMILES string of the molecule is O=C(CS(=O)(=O)CCCc1ccccc1)NCc1nc(-c2ccncc2)cs1. The predicted octanol–water partition coefficient (Wildman–Crippen LogP) is 2.87. The van der Waals surface area contributed by atoms with Crippen LogP contribution in [0.5, 0.6) is 0 Å². The summed E-state index contributed by atoms with van der Waals surface area (Å²) >= 11 is 1.42. The Bertz CT molecular complexity index is 1000. The minimum Gasteiger partial charge on any atom is -0.349 e. The van der Waals surface area contributed by atoms with E-state index in [1.165, 1.54) is 11.3 Å². The van der Waals surface area contributed by atoms with E-state index in [-0.39, 0.29) is 12.3 Å². The number of hydrogen-bond donors (Lipinski definition) is 1. The van der Waals surface area contributed by atoms with E-state index in [4.69, 9.17) is 0 Å². The molecule has 146 valence electrons. The van der Waals surface area contributed by atoms with Crippen LogP contribution in [-0.4, -0.2) is 35.8 Å². The number of pyridine rings is 1. The van der Waals surface area contributed by atoms with Crippen molar-refractivity contribution < 1.29 is 13.2 Å². The molecule has 1 aromatic carbocycles. The zero-order valence-corrected chi connectivity index (χ0v) is 16.9. The highest BCUT2D eigenvalue weighted by Gasteiger charge is 2.16. The van der Waals surface area contributed by atoms with Gasteiger partial charge in [-0.2, -0.15) is 0 Å². The normalized spacial score (nSPS) is 11.3. The van der Waals surface area contributed by atoms with E-state index in [0.29, 0.717) is 12.8 Å². The number of hydrogen-bond acceptors (Lipinski definition) is 6. The summed E-state index contributed by atoms with van der Waals surface area (Å²) < 4.78 is 24.3. The smallest absolute Gasteiger partial charge is 0.235 e. The van der Waals surface area contributed by atoms with E-state index in [2.05, 4.69) is 15.3 Å². The van der Waals surface area contributed by atoms with Crippen LogP contribution in [0.15, 0.2) is 60.2 Å².